The smallest absolute Gasteiger partial charge is 0.232 e. The van der Waals surface area contributed by atoms with E-state index in [4.69, 9.17) is 15.0 Å². The van der Waals surface area contributed by atoms with Gasteiger partial charge < -0.3 is 30.4 Å². The number of nitrogens with zero attached hydrogens (tertiary/aromatic N) is 3. The van der Waals surface area contributed by atoms with Crippen molar-refractivity contribution >= 4 is 61.8 Å². The van der Waals surface area contributed by atoms with Gasteiger partial charge in [-0.3, -0.25) is 4.79 Å². The first kappa shape index (κ1) is 31.1. The van der Waals surface area contributed by atoms with E-state index in [9.17, 15) is 25.2 Å². The molecule has 54 heavy (non-hydrogen) atoms. The fourth-order valence-electron chi connectivity index (χ4n) is 7.43. The summed E-state index contributed by atoms with van der Waals surface area (Å²) in [7, 11) is 0. The normalized spacial score (nSPS) is 12.3. The van der Waals surface area contributed by atoms with E-state index in [1.807, 2.05) is 60.7 Å². The van der Waals surface area contributed by atoms with E-state index < -0.39 is 5.78 Å². The van der Waals surface area contributed by atoms with E-state index in [0.717, 1.165) is 27.8 Å². The number of pyridine rings is 1. The molecule has 4 aromatic heterocycles. The molecule has 2 aliphatic heterocycles. The van der Waals surface area contributed by atoms with Crippen LogP contribution in [0.25, 0.3) is 89.4 Å². The molecule has 0 aliphatic carbocycles. The molecule has 2 aliphatic rings. The third-order valence-electron chi connectivity index (χ3n) is 9.90. The molecule has 6 heterocycles. The Morgan fingerprint density at radius 3 is 1.46 bits per heavy atom. The van der Waals surface area contributed by atoms with E-state index >= 15 is 0 Å². The molecule has 10 nitrogen and oxygen atoms in total. The minimum atomic E-state index is -0.396. The van der Waals surface area contributed by atoms with Crippen LogP contribution in [0.2, 0.25) is 0 Å². The highest BCUT2D eigenvalue weighted by Crippen LogP contribution is 2.40. The third-order valence-corrected chi connectivity index (χ3v) is 9.90. The van der Waals surface area contributed by atoms with E-state index in [0.29, 0.717) is 60.9 Å². The highest BCUT2D eigenvalue weighted by atomic mass is 16.3. The fraction of sp³-hybridized carbons (Fsp3) is 0. The summed E-state index contributed by atoms with van der Waals surface area (Å²) in [6.07, 6.45) is 3.89. The molecule has 258 valence electrons. The second-order valence-electron chi connectivity index (χ2n) is 13.2. The van der Waals surface area contributed by atoms with Crippen molar-refractivity contribution in [3.63, 3.8) is 0 Å². The molecular formula is C44H27N5O5. The number of aromatic amines is 2. The van der Waals surface area contributed by atoms with E-state index in [2.05, 4.69) is 9.97 Å². The number of phenols is 4. The average Bonchev–Trinajstić information content (AvgIpc) is 4.00. The highest BCUT2D eigenvalue weighted by Gasteiger charge is 2.29. The molecular weight excluding hydrogens is 679 g/mol. The number of nitrogens with one attached hydrogen (secondary N) is 2. The fourth-order valence-corrected chi connectivity index (χ4v) is 7.43. The quantitative estimate of drug-likeness (QED) is 0.106. The average molecular weight is 706 g/mol. The molecule has 0 spiro atoms. The number of fused-ring (bicyclic) bond motifs is 10. The number of carbonyl (C=O) groups excluding carboxylic acids is 1. The van der Waals surface area contributed by atoms with Gasteiger partial charge in [0, 0.05) is 55.6 Å². The Hall–Kier alpha value is -7.72. The van der Waals surface area contributed by atoms with Gasteiger partial charge in [0.05, 0.1) is 16.9 Å². The van der Waals surface area contributed by atoms with Gasteiger partial charge in [-0.05, 0) is 102 Å². The number of ketones is 1. The van der Waals surface area contributed by atoms with Crippen LogP contribution >= 0.6 is 0 Å². The number of phenolic OH excluding ortho intramolecular Hbond substituents is 4. The summed E-state index contributed by atoms with van der Waals surface area (Å²) in [6, 6.07) is 32.9. The Kier molecular flexibility index (Phi) is 6.70. The van der Waals surface area contributed by atoms with Crippen LogP contribution in [0, 0.1) is 0 Å². The summed E-state index contributed by atoms with van der Waals surface area (Å²) in [6.45, 7) is 0. The maximum absolute atomic E-state index is 14.6. The van der Waals surface area contributed by atoms with Crippen molar-refractivity contribution in [1.29, 1.82) is 0 Å². The summed E-state index contributed by atoms with van der Waals surface area (Å²) in [5.41, 5.74) is 9.37. The Morgan fingerprint density at radius 1 is 0.444 bits per heavy atom. The molecule has 0 amide bonds. The zero-order valence-corrected chi connectivity index (χ0v) is 28.2. The largest absolute Gasteiger partial charge is 0.508 e. The first-order chi connectivity index (χ1) is 26.3. The Balaban J connectivity index is 1.44. The predicted molar refractivity (Wildman–Crippen MR) is 209 cm³/mol. The molecule has 0 radical (unpaired) electrons. The van der Waals surface area contributed by atoms with E-state index in [1.165, 1.54) is 6.07 Å². The van der Waals surface area contributed by atoms with E-state index in [-0.39, 0.29) is 34.4 Å². The van der Waals surface area contributed by atoms with Gasteiger partial charge in [0.15, 0.2) is 0 Å². The van der Waals surface area contributed by atoms with Crippen molar-refractivity contribution in [2.24, 2.45) is 0 Å². The second-order valence-corrected chi connectivity index (χ2v) is 13.2. The van der Waals surface area contributed by atoms with Crippen LogP contribution < -0.4 is 0 Å². The van der Waals surface area contributed by atoms with Crippen LogP contribution in [0.1, 0.15) is 27.6 Å². The molecule has 4 aromatic carbocycles. The Bertz CT molecular complexity index is 3090. The number of H-pyrrole nitrogens is 2. The monoisotopic (exact) mass is 705 g/mol. The van der Waals surface area contributed by atoms with Crippen LogP contribution in [-0.2, 0) is 0 Å². The van der Waals surface area contributed by atoms with Crippen molar-refractivity contribution < 1.29 is 25.2 Å². The van der Waals surface area contributed by atoms with Gasteiger partial charge in [-0.25, -0.2) is 15.0 Å². The van der Waals surface area contributed by atoms with E-state index in [1.54, 1.807) is 60.7 Å². The number of hydrogen-bond donors (Lipinski definition) is 6. The second kappa shape index (κ2) is 11.7. The molecule has 0 atom stereocenters. The summed E-state index contributed by atoms with van der Waals surface area (Å²) >= 11 is 0. The van der Waals surface area contributed by atoms with Crippen LogP contribution in [-0.4, -0.2) is 51.1 Å². The lowest BCUT2D eigenvalue weighted by molar-refractivity contribution is 0.103. The van der Waals surface area contributed by atoms with Gasteiger partial charge in [0.1, 0.15) is 39.9 Å². The maximum Gasteiger partial charge on any atom is 0.232 e. The summed E-state index contributed by atoms with van der Waals surface area (Å²) < 4.78 is 0. The van der Waals surface area contributed by atoms with Crippen molar-refractivity contribution in [1.82, 2.24) is 24.9 Å². The van der Waals surface area contributed by atoms with Gasteiger partial charge in [-0.15, -0.1) is 0 Å². The summed E-state index contributed by atoms with van der Waals surface area (Å²) in [4.78, 5) is 36.8. The first-order valence-electron chi connectivity index (χ1n) is 17.1. The lowest BCUT2D eigenvalue weighted by Crippen LogP contribution is -2.02. The number of benzene rings is 4. The minimum absolute atomic E-state index is 0.00929. The van der Waals surface area contributed by atoms with Gasteiger partial charge in [0.2, 0.25) is 5.78 Å². The third kappa shape index (κ3) is 4.89. The molecule has 8 aromatic rings. The van der Waals surface area contributed by atoms with Gasteiger partial charge in [0.25, 0.3) is 0 Å². The van der Waals surface area contributed by atoms with Crippen LogP contribution in [0.3, 0.4) is 0 Å². The molecule has 10 rings (SSSR count). The Labute approximate surface area is 305 Å². The molecule has 10 heteroatoms. The predicted octanol–water partition coefficient (Wildman–Crippen LogP) is 9.24. The minimum Gasteiger partial charge on any atom is -0.508 e. The molecule has 0 saturated carbocycles. The van der Waals surface area contributed by atoms with Crippen molar-refractivity contribution in [3.8, 4) is 56.4 Å². The number of rotatable bonds is 3. The first-order valence-corrected chi connectivity index (χ1v) is 17.1. The van der Waals surface area contributed by atoms with Gasteiger partial charge in [-0.1, -0.05) is 36.4 Å². The molecule has 8 bridgehead atoms. The highest BCUT2D eigenvalue weighted by molar-refractivity contribution is 6.26. The van der Waals surface area contributed by atoms with Crippen molar-refractivity contribution in [2.75, 3.05) is 0 Å². The molecule has 0 unspecified atom stereocenters. The number of aromatic hydroxyl groups is 4. The summed E-state index contributed by atoms with van der Waals surface area (Å²) in [5.74, 6) is -0.0598. The van der Waals surface area contributed by atoms with Crippen LogP contribution in [0.5, 0.6) is 23.0 Å². The molecule has 6 N–H and O–H groups in total. The lowest BCUT2D eigenvalue weighted by Gasteiger charge is -2.06. The topological polar surface area (TPSA) is 168 Å². The van der Waals surface area contributed by atoms with Gasteiger partial charge >= 0.3 is 0 Å². The number of hydrogen-bond acceptors (Lipinski definition) is 8. The SMILES string of the molecule is O=C1c2nc3c1nc1cc(O)ccc1c3c1ccc([nH]1)c(-c1ccc(O)cc1)c1nc(c(-c3ccc(O)cc3)c3ccc([nH]3)c2-c2ccc(O)cc2)C=C1. The summed E-state index contributed by atoms with van der Waals surface area (Å²) in [5, 5.41) is 42.4. The van der Waals surface area contributed by atoms with Crippen LogP contribution in [0.4, 0.5) is 0 Å². The van der Waals surface area contributed by atoms with Gasteiger partial charge in [-0.2, -0.15) is 0 Å². The lowest BCUT2D eigenvalue weighted by atomic mass is 10.0. The molecule has 0 fully saturated rings. The standard InChI is InChI=1S/C44H27N5O5/c50-25-7-1-22(2-8-25)37-30-15-16-31(45-30)38(23-3-9-26(51)10-4-23)33-18-20-35(47-33)40-29-14-13-28(53)21-36(29)48-43-41(40)49-42(44(43)54)39(34-19-17-32(37)46-34)24-5-11-27(52)12-6-24/h1-21,46-47,50-53H. The van der Waals surface area contributed by atoms with Crippen molar-refractivity contribution in [3.05, 3.63) is 138 Å². The zero-order chi connectivity index (χ0) is 36.7. The molecule has 0 saturated heterocycles. The van der Waals surface area contributed by atoms with Crippen molar-refractivity contribution in [2.45, 2.75) is 0 Å². The maximum atomic E-state index is 14.6. The zero-order valence-electron chi connectivity index (χ0n) is 28.2. The van der Waals surface area contributed by atoms with Crippen LogP contribution in [0.15, 0.2) is 115 Å². The number of aromatic nitrogens is 5. The number of carbonyl (C=O) groups is 1. The Morgan fingerprint density at radius 2 is 0.907 bits per heavy atom.